The zero-order valence-electron chi connectivity index (χ0n) is 18.4. The van der Waals surface area contributed by atoms with Crippen molar-refractivity contribution in [3.8, 4) is 16.9 Å². The van der Waals surface area contributed by atoms with Crippen molar-refractivity contribution in [1.29, 1.82) is 0 Å². The van der Waals surface area contributed by atoms with E-state index >= 15 is 0 Å². The van der Waals surface area contributed by atoms with Gasteiger partial charge in [0.05, 0.1) is 5.52 Å². The lowest BCUT2D eigenvalue weighted by Gasteiger charge is -2.34. The van der Waals surface area contributed by atoms with Crippen LogP contribution in [0.2, 0.25) is 0 Å². The molecule has 4 nitrogen and oxygen atoms in total. The average Bonchev–Trinajstić information content (AvgIpc) is 2.82. The van der Waals surface area contributed by atoms with Crippen molar-refractivity contribution in [2.75, 3.05) is 19.7 Å². The van der Waals surface area contributed by atoms with Crippen LogP contribution in [0.25, 0.3) is 22.0 Å². The van der Waals surface area contributed by atoms with Crippen molar-refractivity contribution >= 4 is 10.9 Å². The first-order valence-corrected chi connectivity index (χ1v) is 11.2. The van der Waals surface area contributed by atoms with Crippen molar-refractivity contribution in [1.82, 2.24) is 9.88 Å². The molecule has 0 radical (unpaired) electrons. The summed E-state index contributed by atoms with van der Waals surface area (Å²) in [4.78, 5) is 6.88. The minimum absolute atomic E-state index is 0.238. The van der Waals surface area contributed by atoms with Crippen LogP contribution in [-0.4, -0.2) is 40.3 Å². The summed E-state index contributed by atoms with van der Waals surface area (Å²) >= 11 is 0. The third kappa shape index (κ3) is 4.52. The van der Waals surface area contributed by atoms with E-state index in [0.717, 1.165) is 47.3 Å². The summed E-state index contributed by atoms with van der Waals surface area (Å²) < 4.78 is 6.06. The predicted molar refractivity (Wildman–Crippen MR) is 129 cm³/mol. The summed E-state index contributed by atoms with van der Waals surface area (Å²) in [5.74, 6) is 0.750. The fraction of sp³-hybridized carbons (Fsp3) is 0.250. The third-order valence-electron chi connectivity index (χ3n) is 6.10. The second-order valence-corrected chi connectivity index (χ2v) is 8.92. The van der Waals surface area contributed by atoms with Crippen LogP contribution in [0, 0.1) is 0 Å². The van der Waals surface area contributed by atoms with Crippen molar-refractivity contribution in [2.24, 2.45) is 0 Å². The fourth-order valence-electron chi connectivity index (χ4n) is 4.55. The summed E-state index contributed by atoms with van der Waals surface area (Å²) in [6.45, 7) is 4.50. The molecule has 0 unspecified atom stereocenters. The fourth-order valence-corrected chi connectivity index (χ4v) is 4.55. The molecule has 162 valence electrons. The summed E-state index contributed by atoms with van der Waals surface area (Å²) in [5.41, 5.74) is 4.94. The van der Waals surface area contributed by atoms with E-state index in [4.69, 9.17) is 4.74 Å². The van der Waals surface area contributed by atoms with E-state index in [2.05, 4.69) is 64.5 Å². The van der Waals surface area contributed by atoms with Gasteiger partial charge in [0, 0.05) is 36.8 Å². The number of rotatable bonds is 6. The molecule has 0 saturated heterocycles. The van der Waals surface area contributed by atoms with E-state index in [1.807, 2.05) is 37.4 Å². The number of pyridine rings is 1. The molecule has 2 heterocycles. The third-order valence-corrected chi connectivity index (χ3v) is 6.10. The minimum Gasteiger partial charge on any atom is -0.491 e. The first-order valence-electron chi connectivity index (χ1n) is 11.2. The second kappa shape index (κ2) is 8.73. The van der Waals surface area contributed by atoms with Gasteiger partial charge >= 0.3 is 0 Å². The molecular formula is C28H28N2O2. The van der Waals surface area contributed by atoms with Gasteiger partial charge in [-0.2, -0.15) is 0 Å². The van der Waals surface area contributed by atoms with Crippen molar-refractivity contribution in [2.45, 2.75) is 25.5 Å². The minimum atomic E-state index is -0.941. The number of β-amino-alcohol motifs (C(OH)–C–C–N with tert-alkyl or cyclic N) is 1. The van der Waals surface area contributed by atoms with Crippen molar-refractivity contribution in [3.05, 3.63) is 96.2 Å². The van der Waals surface area contributed by atoms with E-state index in [1.54, 1.807) is 0 Å². The molecule has 1 aromatic heterocycles. The van der Waals surface area contributed by atoms with Gasteiger partial charge in [-0.1, -0.05) is 60.7 Å². The molecule has 1 aliphatic heterocycles. The second-order valence-electron chi connectivity index (χ2n) is 8.92. The molecule has 0 spiro atoms. The van der Waals surface area contributed by atoms with E-state index in [0.29, 0.717) is 6.54 Å². The van der Waals surface area contributed by atoms with Gasteiger partial charge in [-0.25, -0.2) is 0 Å². The summed E-state index contributed by atoms with van der Waals surface area (Å²) in [5, 5.41) is 12.1. The average molecular weight is 425 g/mol. The molecule has 0 fully saturated rings. The highest BCUT2D eigenvalue weighted by Gasteiger charge is 2.27. The van der Waals surface area contributed by atoms with Gasteiger partial charge in [0.1, 0.15) is 18.0 Å². The molecular weight excluding hydrogens is 396 g/mol. The molecule has 1 aliphatic rings. The highest BCUT2D eigenvalue weighted by atomic mass is 16.5. The Bertz CT molecular complexity index is 1230. The maximum absolute atomic E-state index is 11.0. The lowest BCUT2D eigenvalue weighted by atomic mass is 9.98. The molecule has 0 amide bonds. The zero-order chi connectivity index (χ0) is 22.0. The van der Waals surface area contributed by atoms with E-state index in [-0.39, 0.29) is 6.61 Å². The topological polar surface area (TPSA) is 45.6 Å². The number of fused-ring (bicyclic) bond motifs is 2. The SMILES string of the molecule is C[C@@](O)(COc1cccc(-c2cccc3cccnc23)c1)CN1CCc2ccccc2C1. The van der Waals surface area contributed by atoms with Gasteiger partial charge in [-0.05, 0) is 48.2 Å². The number of hydrogen-bond donors (Lipinski definition) is 1. The number of benzene rings is 3. The van der Waals surface area contributed by atoms with E-state index in [9.17, 15) is 5.11 Å². The number of aliphatic hydroxyl groups is 1. The quantitative estimate of drug-likeness (QED) is 0.468. The van der Waals surface area contributed by atoms with Gasteiger partial charge in [-0.15, -0.1) is 0 Å². The van der Waals surface area contributed by atoms with Crippen LogP contribution in [0.5, 0.6) is 5.75 Å². The van der Waals surface area contributed by atoms with Crippen LogP contribution in [0.3, 0.4) is 0 Å². The Hall–Kier alpha value is -3.21. The number of hydrogen-bond acceptors (Lipinski definition) is 4. The van der Waals surface area contributed by atoms with Gasteiger partial charge < -0.3 is 9.84 Å². The molecule has 4 aromatic rings. The Morgan fingerprint density at radius 1 is 0.969 bits per heavy atom. The van der Waals surface area contributed by atoms with Crippen molar-refractivity contribution in [3.63, 3.8) is 0 Å². The van der Waals surface area contributed by atoms with Crippen LogP contribution in [0.15, 0.2) is 85.1 Å². The first-order chi connectivity index (χ1) is 15.6. The maximum atomic E-state index is 11.0. The van der Waals surface area contributed by atoms with E-state index in [1.165, 1.54) is 11.1 Å². The Balaban J connectivity index is 1.27. The number of ether oxygens (including phenoxy) is 1. The summed E-state index contributed by atoms with van der Waals surface area (Å²) in [7, 11) is 0. The normalized spacial score (nSPS) is 15.8. The lowest BCUT2D eigenvalue weighted by Crippen LogP contribution is -2.46. The number of aromatic nitrogens is 1. The van der Waals surface area contributed by atoms with Gasteiger partial charge in [0.15, 0.2) is 0 Å². The Morgan fingerprint density at radius 3 is 2.69 bits per heavy atom. The molecule has 3 aromatic carbocycles. The number of nitrogens with zero attached hydrogens (tertiary/aromatic N) is 2. The largest absolute Gasteiger partial charge is 0.491 e. The van der Waals surface area contributed by atoms with Crippen LogP contribution in [0.1, 0.15) is 18.1 Å². The lowest BCUT2D eigenvalue weighted by molar-refractivity contribution is -0.0204. The smallest absolute Gasteiger partial charge is 0.120 e. The van der Waals surface area contributed by atoms with Gasteiger partial charge in [-0.3, -0.25) is 9.88 Å². The number of para-hydroxylation sites is 1. The van der Waals surface area contributed by atoms with E-state index < -0.39 is 5.60 Å². The van der Waals surface area contributed by atoms with Crippen LogP contribution in [-0.2, 0) is 13.0 Å². The highest BCUT2D eigenvalue weighted by molar-refractivity contribution is 5.93. The molecule has 5 rings (SSSR count). The Kier molecular flexibility index (Phi) is 5.64. The molecule has 0 aliphatic carbocycles. The maximum Gasteiger partial charge on any atom is 0.120 e. The molecule has 32 heavy (non-hydrogen) atoms. The van der Waals surface area contributed by atoms with Gasteiger partial charge in [0.25, 0.3) is 0 Å². The first kappa shape index (κ1) is 20.7. The van der Waals surface area contributed by atoms with Crippen LogP contribution >= 0.6 is 0 Å². The standard InChI is InChI=1S/C28H28N2O2/c1-28(31,19-30-16-14-21-7-2-3-8-24(21)18-30)20-32-25-12-4-10-23(17-25)26-13-5-9-22-11-6-15-29-27(22)26/h2-13,15,17,31H,14,16,18-20H2,1H3/t28-/m0/s1. The molecule has 0 saturated carbocycles. The molecule has 1 N–H and O–H groups in total. The molecule has 1 atom stereocenters. The van der Waals surface area contributed by atoms with Crippen molar-refractivity contribution < 1.29 is 9.84 Å². The summed E-state index contributed by atoms with van der Waals surface area (Å²) in [6.07, 6.45) is 2.84. The predicted octanol–water partition coefficient (Wildman–Crippen LogP) is 5.09. The Morgan fingerprint density at radius 2 is 1.78 bits per heavy atom. The van der Waals surface area contributed by atoms with Crippen LogP contribution in [0.4, 0.5) is 0 Å². The van der Waals surface area contributed by atoms with Crippen LogP contribution < -0.4 is 4.74 Å². The molecule has 0 bridgehead atoms. The molecule has 4 heteroatoms. The highest BCUT2D eigenvalue weighted by Crippen LogP contribution is 2.30. The van der Waals surface area contributed by atoms with Gasteiger partial charge in [0.2, 0.25) is 0 Å². The monoisotopic (exact) mass is 424 g/mol. The zero-order valence-corrected chi connectivity index (χ0v) is 18.4. The Labute approximate surface area is 189 Å². The summed E-state index contributed by atoms with van der Waals surface area (Å²) in [6, 6.07) is 26.8.